The van der Waals surface area contributed by atoms with Gasteiger partial charge in [-0.1, -0.05) is 19.1 Å². The van der Waals surface area contributed by atoms with Crippen molar-refractivity contribution in [3.63, 3.8) is 0 Å². The highest BCUT2D eigenvalue weighted by atomic mass is 16.5. The highest BCUT2D eigenvalue weighted by Crippen LogP contribution is 2.21. The third-order valence-electron chi connectivity index (χ3n) is 5.77. The molecule has 8 nitrogen and oxygen atoms in total. The summed E-state index contributed by atoms with van der Waals surface area (Å²) in [6.07, 6.45) is 0.777. The van der Waals surface area contributed by atoms with E-state index >= 15 is 0 Å². The minimum atomic E-state index is -0.386. The van der Waals surface area contributed by atoms with Gasteiger partial charge in [0.1, 0.15) is 18.0 Å². The average Bonchev–Trinajstić information content (AvgIpc) is 3.27. The number of amides is 1. The second-order valence-corrected chi connectivity index (χ2v) is 7.57. The van der Waals surface area contributed by atoms with Crippen molar-refractivity contribution in [3.8, 4) is 5.75 Å². The number of anilines is 2. The molecular formula is C22H30N6O2. The first kappa shape index (κ1) is 20.5. The molecule has 30 heavy (non-hydrogen) atoms. The molecule has 4 N–H and O–H groups in total. The smallest absolute Gasteiger partial charge is 0.244 e. The van der Waals surface area contributed by atoms with Gasteiger partial charge in [-0.2, -0.15) is 5.53 Å². The third kappa shape index (κ3) is 4.51. The van der Waals surface area contributed by atoms with E-state index < -0.39 is 0 Å². The molecule has 2 fully saturated rings. The summed E-state index contributed by atoms with van der Waals surface area (Å²) < 4.78 is 5.23. The van der Waals surface area contributed by atoms with Crippen LogP contribution in [-0.2, 0) is 11.2 Å². The molecule has 2 heterocycles. The number of hydrazine groups is 2. The Morgan fingerprint density at radius 1 is 1.03 bits per heavy atom. The van der Waals surface area contributed by atoms with Gasteiger partial charge in [0, 0.05) is 37.6 Å². The first-order valence-electron chi connectivity index (χ1n) is 10.5. The van der Waals surface area contributed by atoms with Gasteiger partial charge in [-0.3, -0.25) is 4.79 Å². The van der Waals surface area contributed by atoms with Crippen molar-refractivity contribution >= 4 is 17.3 Å². The second kappa shape index (κ2) is 9.34. The highest BCUT2D eigenvalue weighted by molar-refractivity contribution is 5.83. The van der Waals surface area contributed by atoms with Crippen LogP contribution in [0.4, 0.5) is 11.4 Å². The normalized spacial score (nSPS) is 21.5. The van der Waals surface area contributed by atoms with Crippen LogP contribution < -0.4 is 31.3 Å². The van der Waals surface area contributed by atoms with E-state index in [1.807, 2.05) is 29.2 Å². The van der Waals surface area contributed by atoms with E-state index in [1.165, 1.54) is 5.56 Å². The van der Waals surface area contributed by atoms with Gasteiger partial charge in [0.05, 0.1) is 7.11 Å². The summed E-state index contributed by atoms with van der Waals surface area (Å²) >= 11 is 0. The first-order chi connectivity index (χ1) is 14.7. The molecule has 1 amide bonds. The van der Waals surface area contributed by atoms with Crippen molar-refractivity contribution in [1.82, 2.24) is 21.3 Å². The first-order valence-corrected chi connectivity index (χ1v) is 10.5. The lowest BCUT2D eigenvalue weighted by Gasteiger charge is -2.37. The zero-order chi connectivity index (χ0) is 20.9. The molecule has 0 aliphatic carbocycles. The van der Waals surface area contributed by atoms with E-state index in [9.17, 15) is 4.79 Å². The van der Waals surface area contributed by atoms with E-state index in [1.54, 1.807) is 7.11 Å². The van der Waals surface area contributed by atoms with Crippen molar-refractivity contribution in [1.29, 1.82) is 0 Å². The molecule has 0 spiro atoms. The molecule has 0 aromatic heterocycles. The van der Waals surface area contributed by atoms with Crippen molar-refractivity contribution in [2.75, 3.05) is 43.5 Å². The fourth-order valence-electron chi connectivity index (χ4n) is 3.88. The van der Waals surface area contributed by atoms with Crippen LogP contribution in [-0.4, -0.2) is 56.3 Å². The fourth-order valence-corrected chi connectivity index (χ4v) is 3.88. The number of ether oxygens (including phenoxy) is 1. The maximum absolute atomic E-state index is 13.1. The summed E-state index contributed by atoms with van der Waals surface area (Å²) in [6, 6.07) is 16.0. The van der Waals surface area contributed by atoms with Crippen molar-refractivity contribution in [2.45, 2.75) is 25.6 Å². The molecule has 2 saturated heterocycles. The molecule has 2 aromatic carbocycles. The average molecular weight is 411 g/mol. The van der Waals surface area contributed by atoms with Gasteiger partial charge in [0.25, 0.3) is 0 Å². The maximum Gasteiger partial charge on any atom is 0.244 e. The quantitative estimate of drug-likeness (QED) is 0.572. The number of aryl methyl sites for hydroxylation is 1. The summed E-state index contributed by atoms with van der Waals surface area (Å²) in [5, 5.41) is 3.40. The zero-order valence-electron chi connectivity index (χ0n) is 17.5. The largest absolute Gasteiger partial charge is 0.497 e. The molecule has 160 valence electrons. The van der Waals surface area contributed by atoms with Crippen molar-refractivity contribution in [2.24, 2.45) is 0 Å². The predicted octanol–water partition coefficient (Wildman–Crippen LogP) is 1.33. The van der Waals surface area contributed by atoms with E-state index in [2.05, 4.69) is 57.8 Å². The molecule has 2 atom stereocenters. The van der Waals surface area contributed by atoms with Gasteiger partial charge in [-0.05, 0) is 48.4 Å². The highest BCUT2D eigenvalue weighted by Gasteiger charge is 2.36. The van der Waals surface area contributed by atoms with Crippen molar-refractivity contribution in [3.05, 3.63) is 54.1 Å². The molecule has 0 bridgehead atoms. The summed E-state index contributed by atoms with van der Waals surface area (Å²) in [7, 11) is 1.67. The predicted molar refractivity (Wildman–Crippen MR) is 118 cm³/mol. The van der Waals surface area contributed by atoms with Crippen LogP contribution in [0.5, 0.6) is 5.75 Å². The number of benzene rings is 2. The standard InChI is InChI=1S/C22H30N6O2/c1-3-16-4-6-17(7-5-16)23-21-20(24-26-25-21)22(29)28-14-12-27(13-15-28)18-8-10-19(30-2)11-9-18/h4-11,20-21,23-26H,3,12-15H2,1-2H3. The molecular weight excluding hydrogens is 380 g/mol. The Morgan fingerprint density at radius 3 is 2.37 bits per heavy atom. The minimum absolute atomic E-state index is 0.0876. The van der Waals surface area contributed by atoms with Gasteiger partial charge in [-0.25, -0.2) is 10.9 Å². The monoisotopic (exact) mass is 410 g/mol. The van der Waals surface area contributed by atoms with E-state index in [4.69, 9.17) is 4.74 Å². The Morgan fingerprint density at radius 2 is 1.73 bits per heavy atom. The Hall–Kier alpha value is -2.81. The molecule has 4 rings (SSSR count). The van der Waals surface area contributed by atoms with E-state index in [-0.39, 0.29) is 18.1 Å². The summed E-state index contributed by atoms with van der Waals surface area (Å²) in [6.45, 7) is 5.14. The number of hydrogen-bond acceptors (Lipinski definition) is 7. The number of carbonyl (C=O) groups is 1. The molecule has 0 saturated carbocycles. The van der Waals surface area contributed by atoms with Gasteiger partial charge < -0.3 is 19.9 Å². The SMILES string of the molecule is CCc1ccc(NC2NNNC2C(=O)N2CCN(c3ccc(OC)cc3)CC2)cc1. The molecule has 2 unspecified atom stereocenters. The minimum Gasteiger partial charge on any atom is -0.497 e. The number of methoxy groups -OCH3 is 1. The summed E-state index contributed by atoms with van der Waals surface area (Å²) in [4.78, 5) is 17.4. The molecule has 2 aromatic rings. The van der Waals surface area contributed by atoms with Crippen molar-refractivity contribution < 1.29 is 9.53 Å². The molecule has 0 radical (unpaired) electrons. The lowest BCUT2D eigenvalue weighted by Crippen LogP contribution is -2.57. The van der Waals surface area contributed by atoms with Crippen LogP contribution in [0.2, 0.25) is 0 Å². The lowest BCUT2D eigenvalue weighted by molar-refractivity contribution is -0.133. The van der Waals surface area contributed by atoms with E-state index in [0.717, 1.165) is 36.6 Å². The van der Waals surface area contributed by atoms with Crippen LogP contribution in [0.25, 0.3) is 0 Å². The van der Waals surface area contributed by atoms with Gasteiger partial charge in [-0.15, -0.1) is 0 Å². The molecule has 2 aliphatic rings. The number of hydrogen-bond donors (Lipinski definition) is 4. The number of rotatable bonds is 6. The van der Waals surface area contributed by atoms with Gasteiger partial charge >= 0.3 is 0 Å². The maximum atomic E-state index is 13.1. The third-order valence-corrected chi connectivity index (χ3v) is 5.77. The molecule has 8 heteroatoms. The van der Waals surface area contributed by atoms with Gasteiger partial charge in [0.15, 0.2) is 0 Å². The zero-order valence-corrected chi connectivity index (χ0v) is 17.5. The fraction of sp³-hybridized carbons (Fsp3) is 0.409. The molecule has 2 aliphatic heterocycles. The van der Waals surface area contributed by atoms with Crippen LogP contribution in [0, 0.1) is 0 Å². The number of nitrogens with one attached hydrogen (secondary N) is 4. The van der Waals surface area contributed by atoms with Crippen LogP contribution in [0.15, 0.2) is 48.5 Å². The Balaban J connectivity index is 1.33. The van der Waals surface area contributed by atoms with Crippen LogP contribution in [0.3, 0.4) is 0 Å². The second-order valence-electron chi connectivity index (χ2n) is 7.57. The topological polar surface area (TPSA) is 80.9 Å². The summed E-state index contributed by atoms with van der Waals surface area (Å²) in [5.74, 6) is 0.937. The number of carbonyl (C=O) groups excluding carboxylic acids is 1. The van der Waals surface area contributed by atoms with Crippen LogP contribution >= 0.6 is 0 Å². The lowest BCUT2D eigenvalue weighted by atomic mass is 10.1. The van der Waals surface area contributed by atoms with E-state index in [0.29, 0.717) is 13.1 Å². The summed E-state index contributed by atoms with van der Waals surface area (Å²) in [5.41, 5.74) is 12.5. The number of piperazine rings is 1. The van der Waals surface area contributed by atoms with Crippen LogP contribution in [0.1, 0.15) is 12.5 Å². The Bertz CT molecular complexity index is 834. The number of nitrogens with zero attached hydrogens (tertiary/aromatic N) is 2. The Labute approximate surface area is 177 Å². The van der Waals surface area contributed by atoms with Gasteiger partial charge in [0.2, 0.25) is 5.91 Å². The Kier molecular flexibility index (Phi) is 6.37.